The summed E-state index contributed by atoms with van der Waals surface area (Å²) in [5.74, 6) is 0.884. The van der Waals surface area contributed by atoms with E-state index < -0.39 is 0 Å². The Morgan fingerprint density at radius 3 is 2.79 bits per heavy atom. The number of hydrogen-bond donors (Lipinski definition) is 1. The molecule has 1 N–H and O–H groups in total. The molecule has 19 heavy (non-hydrogen) atoms. The molecule has 0 fully saturated rings. The summed E-state index contributed by atoms with van der Waals surface area (Å²) in [5, 5.41) is 11.4. The average molecular weight is 274 g/mol. The van der Waals surface area contributed by atoms with Crippen LogP contribution in [0.5, 0.6) is 0 Å². The standard InChI is InChI=1S/C14H18N4S/c1-3-4-5-13-16-17-14(19)18(13)15-10-12-8-6-11(2)7-9-12/h6-10H,3-5H2,1-2H3,(H,17,19)/b15-10+. The zero-order valence-electron chi connectivity index (χ0n) is 11.3. The van der Waals surface area contributed by atoms with Crippen LogP contribution >= 0.6 is 12.2 Å². The number of nitrogens with one attached hydrogen (secondary N) is 1. The van der Waals surface area contributed by atoms with Gasteiger partial charge >= 0.3 is 0 Å². The van der Waals surface area contributed by atoms with Gasteiger partial charge in [0.2, 0.25) is 4.77 Å². The van der Waals surface area contributed by atoms with Crippen molar-refractivity contribution in [3.8, 4) is 0 Å². The van der Waals surface area contributed by atoms with Crippen LogP contribution in [0.2, 0.25) is 0 Å². The minimum absolute atomic E-state index is 0.537. The fourth-order valence-electron chi connectivity index (χ4n) is 1.72. The van der Waals surface area contributed by atoms with E-state index in [2.05, 4.69) is 41.3 Å². The Labute approximate surface area is 118 Å². The molecule has 0 spiro atoms. The first-order valence-electron chi connectivity index (χ1n) is 6.48. The third-order valence-electron chi connectivity index (χ3n) is 2.87. The third kappa shape index (κ3) is 3.61. The fourth-order valence-corrected chi connectivity index (χ4v) is 1.92. The molecule has 0 atom stereocenters. The van der Waals surface area contributed by atoms with Crippen LogP contribution in [0.3, 0.4) is 0 Å². The minimum atomic E-state index is 0.537. The molecule has 0 aliphatic carbocycles. The highest BCUT2D eigenvalue weighted by atomic mass is 32.1. The van der Waals surface area contributed by atoms with Gasteiger partial charge in [-0.25, -0.2) is 0 Å². The lowest BCUT2D eigenvalue weighted by molar-refractivity contribution is 0.700. The van der Waals surface area contributed by atoms with Gasteiger partial charge in [-0.15, -0.1) is 0 Å². The topological polar surface area (TPSA) is 46.0 Å². The summed E-state index contributed by atoms with van der Waals surface area (Å²) in [6.07, 6.45) is 4.90. The molecule has 0 aliphatic rings. The highest BCUT2D eigenvalue weighted by Crippen LogP contribution is 2.05. The van der Waals surface area contributed by atoms with Crippen molar-refractivity contribution in [2.24, 2.45) is 5.10 Å². The van der Waals surface area contributed by atoms with E-state index in [0.717, 1.165) is 30.7 Å². The quantitative estimate of drug-likeness (QED) is 0.670. The second-order valence-electron chi connectivity index (χ2n) is 4.52. The van der Waals surface area contributed by atoms with Crippen molar-refractivity contribution in [3.63, 3.8) is 0 Å². The number of H-pyrrole nitrogens is 1. The Hall–Kier alpha value is -1.75. The molecule has 0 aliphatic heterocycles. The molecule has 0 saturated carbocycles. The maximum absolute atomic E-state index is 5.19. The van der Waals surface area contributed by atoms with Gasteiger partial charge in [0.15, 0.2) is 5.82 Å². The number of nitrogens with zero attached hydrogens (tertiary/aromatic N) is 3. The first-order valence-corrected chi connectivity index (χ1v) is 6.89. The molecule has 5 heteroatoms. The monoisotopic (exact) mass is 274 g/mol. The maximum atomic E-state index is 5.19. The summed E-state index contributed by atoms with van der Waals surface area (Å²) in [4.78, 5) is 0. The highest BCUT2D eigenvalue weighted by molar-refractivity contribution is 7.71. The molecule has 0 amide bonds. The zero-order chi connectivity index (χ0) is 13.7. The lowest BCUT2D eigenvalue weighted by Gasteiger charge is -1.99. The van der Waals surface area contributed by atoms with Crippen molar-refractivity contribution in [2.45, 2.75) is 33.1 Å². The number of aromatic amines is 1. The van der Waals surface area contributed by atoms with E-state index in [0.29, 0.717) is 4.77 Å². The van der Waals surface area contributed by atoms with Crippen LogP contribution in [0.15, 0.2) is 29.4 Å². The molecule has 100 valence electrons. The van der Waals surface area contributed by atoms with Gasteiger partial charge < -0.3 is 0 Å². The van der Waals surface area contributed by atoms with Crippen molar-refractivity contribution >= 4 is 18.4 Å². The van der Waals surface area contributed by atoms with E-state index in [1.807, 2.05) is 12.1 Å². The first kappa shape index (κ1) is 13.7. The van der Waals surface area contributed by atoms with Crippen molar-refractivity contribution in [2.75, 3.05) is 0 Å². The van der Waals surface area contributed by atoms with Crippen LogP contribution in [0, 0.1) is 11.7 Å². The largest absolute Gasteiger partial charge is 0.250 e. The molecule has 0 saturated heterocycles. The molecule has 2 aromatic rings. The SMILES string of the molecule is CCCCc1n[nH]c(=S)n1/N=C/c1ccc(C)cc1. The Kier molecular flexibility index (Phi) is 4.63. The second kappa shape index (κ2) is 6.43. The van der Waals surface area contributed by atoms with E-state index in [1.54, 1.807) is 10.9 Å². The van der Waals surface area contributed by atoms with E-state index >= 15 is 0 Å². The van der Waals surface area contributed by atoms with E-state index in [1.165, 1.54) is 5.56 Å². The fraction of sp³-hybridized carbons (Fsp3) is 0.357. The van der Waals surface area contributed by atoms with E-state index in [4.69, 9.17) is 12.2 Å². The molecule has 1 heterocycles. The van der Waals surface area contributed by atoms with Crippen LogP contribution in [0.25, 0.3) is 0 Å². The Bertz CT molecular complexity index is 607. The number of aromatic nitrogens is 3. The van der Waals surface area contributed by atoms with Crippen LogP contribution in [-0.4, -0.2) is 21.1 Å². The summed E-state index contributed by atoms with van der Waals surface area (Å²) < 4.78 is 2.24. The molecule has 0 bridgehead atoms. The van der Waals surface area contributed by atoms with Crippen LogP contribution in [-0.2, 0) is 6.42 Å². The van der Waals surface area contributed by atoms with Crippen molar-refractivity contribution in [3.05, 3.63) is 46.0 Å². The van der Waals surface area contributed by atoms with Crippen LogP contribution in [0.4, 0.5) is 0 Å². The minimum Gasteiger partial charge on any atom is -0.250 e. The van der Waals surface area contributed by atoms with Gasteiger partial charge in [-0.3, -0.25) is 5.10 Å². The number of rotatable bonds is 5. The Morgan fingerprint density at radius 1 is 1.37 bits per heavy atom. The Balaban J connectivity index is 2.20. The summed E-state index contributed by atoms with van der Waals surface area (Å²) in [7, 11) is 0. The molecule has 0 radical (unpaired) electrons. The van der Waals surface area contributed by atoms with Gasteiger partial charge in [-0.1, -0.05) is 43.2 Å². The predicted molar refractivity (Wildman–Crippen MR) is 80.2 cm³/mol. The molecule has 1 aromatic carbocycles. The number of benzene rings is 1. The number of unbranched alkanes of at least 4 members (excludes halogenated alkanes) is 1. The lowest BCUT2D eigenvalue weighted by Crippen LogP contribution is -1.99. The second-order valence-corrected chi connectivity index (χ2v) is 4.90. The van der Waals surface area contributed by atoms with Gasteiger partial charge in [0.25, 0.3) is 0 Å². The first-order chi connectivity index (χ1) is 9.20. The van der Waals surface area contributed by atoms with E-state index in [9.17, 15) is 0 Å². The van der Waals surface area contributed by atoms with Crippen LogP contribution < -0.4 is 0 Å². The molecular weight excluding hydrogens is 256 g/mol. The molecule has 4 nitrogen and oxygen atoms in total. The van der Waals surface area contributed by atoms with E-state index in [-0.39, 0.29) is 0 Å². The number of aryl methyl sites for hydroxylation is 2. The van der Waals surface area contributed by atoms with Gasteiger partial charge in [-0.05, 0) is 31.1 Å². The summed E-state index contributed by atoms with van der Waals surface area (Å²) in [6.45, 7) is 4.22. The van der Waals surface area contributed by atoms with Crippen molar-refractivity contribution in [1.82, 2.24) is 14.9 Å². The average Bonchev–Trinajstić information content (AvgIpc) is 2.76. The van der Waals surface area contributed by atoms with Crippen molar-refractivity contribution in [1.29, 1.82) is 0 Å². The summed E-state index contributed by atoms with van der Waals surface area (Å²) in [5.41, 5.74) is 2.29. The smallest absolute Gasteiger partial charge is 0.216 e. The third-order valence-corrected chi connectivity index (χ3v) is 3.14. The van der Waals surface area contributed by atoms with Gasteiger partial charge in [0.1, 0.15) is 0 Å². The molecule has 1 aromatic heterocycles. The number of hydrogen-bond acceptors (Lipinski definition) is 3. The lowest BCUT2D eigenvalue weighted by atomic mass is 10.2. The van der Waals surface area contributed by atoms with Gasteiger partial charge in [-0.2, -0.15) is 14.9 Å². The summed E-state index contributed by atoms with van der Waals surface area (Å²) >= 11 is 5.19. The van der Waals surface area contributed by atoms with Gasteiger partial charge in [0, 0.05) is 6.42 Å². The molecular formula is C14H18N4S. The van der Waals surface area contributed by atoms with Gasteiger partial charge in [0.05, 0.1) is 6.21 Å². The molecule has 0 unspecified atom stereocenters. The van der Waals surface area contributed by atoms with Crippen LogP contribution in [0.1, 0.15) is 36.7 Å². The normalized spacial score (nSPS) is 11.3. The van der Waals surface area contributed by atoms with Crippen molar-refractivity contribution < 1.29 is 0 Å². The zero-order valence-corrected chi connectivity index (χ0v) is 12.1. The highest BCUT2D eigenvalue weighted by Gasteiger charge is 2.03. The molecule has 2 rings (SSSR count). The maximum Gasteiger partial charge on any atom is 0.216 e. The summed E-state index contributed by atoms with van der Waals surface area (Å²) in [6, 6.07) is 8.20. The predicted octanol–water partition coefficient (Wildman–Crippen LogP) is 3.47. The Morgan fingerprint density at radius 2 is 2.11 bits per heavy atom.